The van der Waals surface area contributed by atoms with Crippen molar-refractivity contribution < 1.29 is 9.53 Å². The van der Waals surface area contributed by atoms with E-state index in [2.05, 4.69) is 31.1 Å². The summed E-state index contributed by atoms with van der Waals surface area (Å²) in [6.45, 7) is 6.95. The number of carbonyl (C=O) groups is 1. The van der Waals surface area contributed by atoms with Crippen molar-refractivity contribution in [2.75, 3.05) is 33.8 Å². The van der Waals surface area contributed by atoms with Crippen molar-refractivity contribution in [1.82, 2.24) is 10.2 Å². The second-order valence-corrected chi connectivity index (χ2v) is 5.62. The van der Waals surface area contributed by atoms with Gasteiger partial charge in [-0.25, -0.2) is 0 Å². The van der Waals surface area contributed by atoms with Gasteiger partial charge < -0.3 is 15.0 Å². The number of methoxy groups -OCH3 is 1. The lowest BCUT2D eigenvalue weighted by Gasteiger charge is -2.21. The van der Waals surface area contributed by atoms with Crippen molar-refractivity contribution in [2.24, 2.45) is 0 Å². The molecule has 4 heteroatoms. The van der Waals surface area contributed by atoms with Crippen LogP contribution in [-0.2, 0) is 9.53 Å². The first-order chi connectivity index (χ1) is 10.1. The molecule has 4 nitrogen and oxygen atoms in total. The second kappa shape index (κ2) is 9.53. The van der Waals surface area contributed by atoms with Gasteiger partial charge >= 0.3 is 5.97 Å². The van der Waals surface area contributed by atoms with Crippen molar-refractivity contribution in [3.05, 3.63) is 35.9 Å². The second-order valence-electron chi connectivity index (χ2n) is 5.62. The predicted octanol–water partition coefficient (Wildman–Crippen LogP) is 2.26. The minimum absolute atomic E-state index is 0.187. The molecule has 1 N–H and O–H groups in total. The number of rotatable bonds is 9. The summed E-state index contributed by atoms with van der Waals surface area (Å²) in [5.74, 6) is -0.424. The predicted molar refractivity (Wildman–Crippen MR) is 86.5 cm³/mol. The first-order valence-corrected chi connectivity index (χ1v) is 7.60. The van der Waals surface area contributed by atoms with Gasteiger partial charge in [-0.3, -0.25) is 4.79 Å². The van der Waals surface area contributed by atoms with Crippen molar-refractivity contribution in [2.45, 2.75) is 32.2 Å². The highest BCUT2D eigenvalue weighted by atomic mass is 16.5. The minimum Gasteiger partial charge on any atom is -0.469 e. The summed E-state index contributed by atoms with van der Waals surface area (Å²) in [4.78, 5) is 14.2. The fourth-order valence-corrected chi connectivity index (χ4v) is 2.12. The zero-order valence-electron chi connectivity index (χ0n) is 13.6. The molecule has 118 valence electrons. The summed E-state index contributed by atoms with van der Waals surface area (Å²) in [6.07, 6.45) is 1.07. The molecule has 0 spiro atoms. The third-order valence-electron chi connectivity index (χ3n) is 3.78. The third kappa shape index (κ3) is 6.27. The smallest absolute Gasteiger partial charge is 0.314 e. The Morgan fingerprint density at radius 2 is 1.95 bits per heavy atom. The number of hydrogen-bond donors (Lipinski definition) is 1. The van der Waals surface area contributed by atoms with Crippen LogP contribution in [0, 0.1) is 0 Å². The summed E-state index contributed by atoms with van der Waals surface area (Å²) in [5.41, 5.74) is 0.996. The van der Waals surface area contributed by atoms with Crippen molar-refractivity contribution in [3.63, 3.8) is 0 Å². The molecule has 1 rings (SSSR count). The van der Waals surface area contributed by atoms with Crippen LogP contribution in [0.3, 0.4) is 0 Å². The van der Waals surface area contributed by atoms with Crippen molar-refractivity contribution in [1.29, 1.82) is 0 Å². The lowest BCUT2D eigenvalue weighted by molar-refractivity contribution is -0.142. The molecule has 1 aromatic rings. The lowest BCUT2D eigenvalue weighted by atomic mass is 9.99. The van der Waals surface area contributed by atoms with Gasteiger partial charge in [-0.2, -0.15) is 0 Å². The Labute approximate surface area is 128 Å². The maximum Gasteiger partial charge on any atom is 0.314 e. The summed E-state index contributed by atoms with van der Waals surface area (Å²) in [6, 6.07) is 10.3. The van der Waals surface area contributed by atoms with E-state index < -0.39 is 0 Å². The highest BCUT2D eigenvalue weighted by molar-refractivity contribution is 5.78. The number of nitrogens with one attached hydrogen (secondary N) is 1. The number of esters is 1. The van der Waals surface area contributed by atoms with E-state index in [-0.39, 0.29) is 11.9 Å². The molecular formula is C17H28N2O2. The van der Waals surface area contributed by atoms with Gasteiger partial charge in [0.05, 0.1) is 13.0 Å². The fourth-order valence-electron chi connectivity index (χ4n) is 2.12. The Morgan fingerprint density at radius 3 is 2.52 bits per heavy atom. The topological polar surface area (TPSA) is 41.6 Å². The van der Waals surface area contributed by atoms with Crippen LogP contribution < -0.4 is 5.32 Å². The molecule has 0 bridgehead atoms. The van der Waals surface area contributed by atoms with Crippen molar-refractivity contribution >= 4 is 5.97 Å². The first kappa shape index (κ1) is 17.7. The SMILES string of the molecule is COC(=O)C(CNCCCN(C)C(C)C)c1ccccc1. The van der Waals surface area contributed by atoms with Gasteiger partial charge in [0, 0.05) is 12.6 Å². The van der Waals surface area contributed by atoms with Crippen LogP contribution in [-0.4, -0.2) is 50.7 Å². The number of benzene rings is 1. The molecule has 0 amide bonds. The van der Waals surface area contributed by atoms with Crippen LogP contribution in [0.5, 0.6) is 0 Å². The molecule has 0 heterocycles. The monoisotopic (exact) mass is 292 g/mol. The summed E-state index contributed by atoms with van der Waals surface area (Å²) in [7, 11) is 3.57. The van der Waals surface area contributed by atoms with Gasteiger partial charge in [-0.1, -0.05) is 30.3 Å². The largest absolute Gasteiger partial charge is 0.469 e. The Hall–Kier alpha value is -1.39. The number of carbonyl (C=O) groups excluding carboxylic acids is 1. The normalized spacial score (nSPS) is 12.7. The van der Waals surface area contributed by atoms with E-state index in [4.69, 9.17) is 4.74 Å². The van der Waals surface area contributed by atoms with Gasteiger partial charge in [-0.15, -0.1) is 0 Å². The molecule has 0 saturated heterocycles. The highest BCUT2D eigenvalue weighted by Crippen LogP contribution is 2.16. The zero-order chi connectivity index (χ0) is 15.7. The van der Waals surface area contributed by atoms with E-state index in [0.29, 0.717) is 12.6 Å². The molecule has 1 aromatic carbocycles. The molecule has 21 heavy (non-hydrogen) atoms. The Bertz CT molecular complexity index is 407. The van der Waals surface area contributed by atoms with Gasteiger partial charge in [0.2, 0.25) is 0 Å². The highest BCUT2D eigenvalue weighted by Gasteiger charge is 2.20. The molecule has 0 aromatic heterocycles. The van der Waals surface area contributed by atoms with Crippen molar-refractivity contribution in [3.8, 4) is 0 Å². The Morgan fingerprint density at radius 1 is 1.29 bits per heavy atom. The van der Waals surface area contributed by atoms with Gasteiger partial charge in [0.25, 0.3) is 0 Å². The molecular weight excluding hydrogens is 264 g/mol. The molecule has 0 saturated carbocycles. The molecule has 1 unspecified atom stereocenters. The van der Waals surface area contributed by atoms with Gasteiger partial charge in [0.15, 0.2) is 0 Å². The molecule has 0 aliphatic heterocycles. The number of hydrogen-bond acceptors (Lipinski definition) is 4. The van der Waals surface area contributed by atoms with Crippen LogP contribution in [0.15, 0.2) is 30.3 Å². The van der Waals surface area contributed by atoms with E-state index in [1.807, 2.05) is 30.3 Å². The van der Waals surface area contributed by atoms with Gasteiger partial charge in [-0.05, 0) is 46.0 Å². The molecule has 0 aliphatic carbocycles. The van der Waals surface area contributed by atoms with E-state index >= 15 is 0 Å². The summed E-state index contributed by atoms with van der Waals surface area (Å²) in [5, 5.41) is 3.37. The Balaban J connectivity index is 2.40. The van der Waals surface area contributed by atoms with E-state index in [1.165, 1.54) is 7.11 Å². The summed E-state index contributed by atoms with van der Waals surface area (Å²) < 4.78 is 4.91. The fraction of sp³-hybridized carbons (Fsp3) is 0.588. The number of nitrogens with zero attached hydrogens (tertiary/aromatic N) is 1. The maximum atomic E-state index is 11.9. The van der Waals surface area contributed by atoms with Crippen LogP contribution in [0.4, 0.5) is 0 Å². The van der Waals surface area contributed by atoms with Crippen LogP contribution in [0.25, 0.3) is 0 Å². The van der Waals surface area contributed by atoms with E-state index in [0.717, 1.165) is 25.1 Å². The number of ether oxygens (including phenoxy) is 1. The van der Waals surface area contributed by atoms with Gasteiger partial charge in [0.1, 0.15) is 0 Å². The maximum absolute atomic E-state index is 11.9. The quantitative estimate of drug-likeness (QED) is 0.560. The molecule has 0 fully saturated rings. The minimum atomic E-state index is -0.237. The Kier molecular flexibility index (Phi) is 8.01. The lowest BCUT2D eigenvalue weighted by Crippen LogP contribution is -2.32. The van der Waals surface area contributed by atoms with E-state index in [1.54, 1.807) is 0 Å². The standard InChI is InChI=1S/C17H28N2O2/c1-14(2)19(3)12-8-11-18-13-16(17(20)21-4)15-9-6-5-7-10-15/h5-7,9-10,14,16,18H,8,11-13H2,1-4H3. The zero-order valence-corrected chi connectivity index (χ0v) is 13.6. The first-order valence-electron chi connectivity index (χ1n) is 7.60. The molecule has 0 radical (unpaired) electrons. The molecule has 0 aliphatic rings. The van der Waals surface area contributed by atoms with Crippen LogP contribution >= 0.6 is 0 Å². The summed E-state index contributed by atoms with van der Waals surface area (Å²) >= 11 is 0. The van der Waals surface area contributed by atoms with Crippen LogP contribution in [0.2, 0.25) is 0 Å². The molecule has 1 atom stereocenters. The van der Waals surface area contributed by atoms with Crippen LogP contribution in [0.1, 0.15) is 31.7 Å². The third-order valence-corrected chi connectivity index (χ3v) is 3.78. The average molecular weight is 292 g/mol. The van der Waals surface area contributed by atoms with E-state index in [9.17, 15) is 4.79 Å². The average Bonchev–Trinajstić information content (AvgIpc) is 2.50.